The van der Waals surface area contributed by atoms with Gasteiger partial charge in [-0.2, -0.15) is 0 Å². The van der Waals surface area contributed by atoms with Gasteiger partial charge in [0.15, 0.2) is 0 Å². The number of fused-ring (bicyclic) bond motifs is 1. The molecule has 0 spiro atoms. The Balaban J connectivity index is 2.01. The van der Waals surface area contributed by atoms with Gasteiger partial charge < -0.3 is 15.8 Å². The van der Waals surface area contributed by atoms with Crippen molar-refractivity contribution in [2.45, 2.75) is 39.2 Å². The normalized spacial score (nSPS) is 17.9. The molecule has 4 heteroatoms. The molecular weight excluding hydrogens is 240 g/mol. The summed E-state index contributed by atoms with van der Waals surface area (Å²) >= 11 is 0. The van der Waals surface area contributed by atoms with Gasteiger partial charge >= 0.3 is 6.09 Å². The number of nitrogens with one attached hydrogen (secondary N) is 1. The summed E-state index contributed by atoms with van der Waals surface area (Å²) in [6.45, 7) is 4.49. The third kappa shape index (κ3) is 3.63. The van der Waals surface area contributed by atoms with Crippen LogP contribution in [0.4, 0.5) is 10.5 Å². The summed E-state index contributed by atoms with van der Waals surface area (Å²) in [5, 5.41) is 2.95. The molecule has 0 fully saturated rings. The number of ether oxygens (including phenoxy) is 1. The number of benzene rings is 1. The Kier molecular flexibility index (Phi) is 4.30. The fourth-order valence-electron chi connectivity index (χ4n) is 2.41. The fourth-order valence-corrected chi connectivity index (χ4v) is 2.41. The fraction of sp³-hybridized carbons (Fsp3) is 0.533. The van der Waals surface area contributed by atoms with Crippen molar-refractivity contribution < 1.29 is 9.53 Å². The Morgan fingerprint density at radius 2 is 2.32 bits per heavy atom. The lowest BCUT2D eigenvalue weighted by Crippen LogP contribution is -2.32. The van der Waals surface area contributed by atoms with Gasteiger partial charge in [-0.3, -0.25) is 0 Å². The maximum atomic E-state index is 11.7. The lowest BCUT2D eigenvalue weighted by atomic mass is 9.87. The number of alkyl carbamates (subject to hydrolysis) is 1. The van der Waals surface area contributed by atoms with E-state index in [1.807, 2.05) is 32.0 Å². The molecule has 19 heavy (non-hydrogen) atoms. The lowest BCUT2D eigenvalue weighted by molar-refractivity contribution is 0.128. The third-order valence-electron chi connectivity index (χ3n) is 3.32. The van der Waals surface area contributed by atoms with E-state index < -0.39 is 0 Å². The highest BCUT2D eigenvalue weighted by atomic mass is 16.5. The molecule has 0 aromatic heterocycles. The molecule has 1 aromatic carbocycles. The molecule has 0 aliphatic heterocycles. The predicted molar refractivity (Wildman–Crippen MR) is 75.9 cm³/mol. The molecule has 1 aliphatic rings. The molecule has 0 bridgehead atoms. The average molecular weight is 262 g/mol. The van der Waals surface area contributed by atoms with E-state index in [-0.39, 0.29) is 12.1 Å². The first-order valence-electron chi connectivity index (χ1n) is 6.88. The quantitative estimate of drug-likeness (QED) is 0.823. The first-order valence-corrected chi connectivity index (χ1v) is 6.88. The van der Waals surface area contributed by atoms with E-state index in [4.69, 9.17) is 10.5 Å². The molecule has 0 saturated heterocycles. The summed E-state index contributed by atoms with van der Waals surface area (Å²) in [6, 6.07) is 5.95. The van der Waals surface area contributed by atoms with Gasteiger partial charge in [0.1, 0.15) is 0 Å². The summed E-state index contributed by atoms with van der Waals surface area (Å²) in [6.07, 6.45) is 2.71. The predicted octanol–water partition coefficient (Wildman–Crippen LogP) is 3.03. The van der Waals surface area contributed by atoms with E-state index in [0.717, 1.165) is 24.9 Å². The largest absolute Gasteiger partial charge is 0.449 e. The summed E-state index contributed by atoms with van der Waals surface area (Å²) in [7, 11) is 0. The Labute approximate surface area is 114 Å². The van der Waals surface area contributed by atoms with Crippen molar-refractivity contribution in [1.29, 1.82) is 0 Å². The SMILES string of the molecule is CC(C)COC(=O)NC1CCCc2cc(N)ccc21. The summed E-state index contributed by atoms with van der Waals surface area (Å²) in [4.78, 5) is 11.7. The Bertz CT molecular complexity index is 457. The molecule has 104 valence electrons. The topological polar surface area (TPSA) is 64.3 Å². The maximum absolute atomic E-state index is 11.7. The van der Waals surface area contributed by atoms with Crippen molar-refractivity contribution in [2.24, 2.45) is 5.92 Å². The van der Waals surface area contributed by atoms with Gasteiger partial charge in [0.2, 0.25) is 0 Å². The van der Waals surface area contributed by atoms with Gasteiger partial charge in [-0.25, -0.2) is 4.79 Å². The molecule has 0 radical (unpaired) electrons. The van der Waals surface area contributed by atoms with Crippen LogP contribution in [0.1, 0.15) is 43.9 Å². The van der Waals surface area contributed by atoms with Crippen LogP contribution < -0.4 is 11.1 Å². The number of hydrogen-bond donors (Lipinski definition) is 2. The number of aryl methyl sites for hydroxylation is 1. The Morgan fingerprint density at radius 1 is 1.53 bits per heavy atom. The van der Waals surface area contributed by atoms with Crippen molar-refractivity contribution >= 4 is 11.8 Å². The first-order chi connectivity index (χ1) is 9.06. The van der Waals surface area contributed by atoms with Gasteiger partial charge in [0, 0.05) is 5.69 Å². The summed E-state index contributed by atoms with van der Waals surface area (Å²) < 4.78 is 5.17. The molecule has 0 heterocycles. The number of carbonyl (C=O) groups excluding carboxylic acids is 1. The maximum Gasteiger partial charge on any atom is 0.407 e. The summed E-state index contributed by atoms with van der Waals surface area (Å²) in [5.41, 5.74) is 8.98. The van der Waals surface area contributed by atoms with E-state index in [1.165, 1.54) is 11.1 Å². The zero-order valence-electron chi connectivity index (χ0n) is 11.6. The number of carbonyl (C=O) groups is 1. The number of amides is 1. The molecule has 1 aliphatic carbocycles. The second kappa shape index (κ2) is 5.95. The number of hydrogen-bond acceptors (Lipinski definition) is 3. The Morgan fingerprint density at radius 3 is 3.05 bits per heavy atom. The molecule has 2 rings (SSSR count). The van der Waals surface area contributed by atoms with E-state index in [0.29, 0.717) is 12.5 Å². The number of rotatable bonds is 3. The zero-order valence-corrected chi connectivity index (χ0v) is 11.6. The minimum Gasteiger partial charge on any atom is -0.449 e. The van der Waals surface area contributed by atoms with Gasteiger partial charge in [-0.05, 0) is 48.4 Å². The minimum atomic E-state index is -0.330. The molecule has 1 amide bonds. The van der Waals surface area contributed by atoms with E-state index in [2.05, 4.69) is 5.32 Å². The van der Waals surface area contributed by atoms with Crippen LogP contribution in [0.3, 0.4) is 0 Å². The third-order valence-corrected chi connectivity index (χ3v) is 3.32. The molecule has 0 saturated carbocycles. The van der Waals surface area contributed by atoms with E-state index >= 15 is 0 Å². The summed E-state index contributed by atoms with van der Waals surface area (Å²) in [5.74, 6) is 0.351. The van der Waals surface area contributed by atoms with E-state index in [1.54, 1.807) is 0 Å². The van der Waals surface area contributed by atoms with Crippen LogP contribution >= 0.6 is 0 Å². The van der Waals surface area contributed by atoms with Crippen LogP contribution in [0, 0.1) is 5.92 Å². The van der Waals surface area contributed by atoms with Crippen molar-refractivity contribution in [3.63, 3.8) is 0 Å². The van der Waals surface area contributed by atoms with Gasteiger partial charge in [-0.1, -0.05) is 19.9 Å². The van der Waals surface area contributed by atoms with Crippen LogP contribution in [-0.2, 0) is 11.2 Å². The zero-order chi connectivity index (χ0) is 13.8. The second-order valence-corrected chi connectivity index (χ2v) is 5.54. The van der Waals surface area contributed by atoms with Crippen molar-refractivity contribution in [2.75, 3.05) is 12.3 Å². The van der Waals surface area contributed by atoms with Crippen LogP contribution in [0.5, 0.6) is 0 Å². The van der Waals surface area contributed by atoms with Crippen molar-refractivity contribution in [3.8, 4) is 0 Å². The molecule has 4 nitrogen and oxygen atoms in total. The molecular formula is C15H22N2O2. The van der Waals surface area contributed by atoms with Gasteiger partial charge in [0.05, 0.1) is 12.6 Å². The lowest BCUT2D eigenvalue weighted by Gasteiger charge is -2.26. The smallest absolute Gasteiger partial charge is 0.407 e. The van der Waals surface area contributed by atoms with Crippen LogP contribution in [0.15, 0.2) is 18.2 Å². The van der Waals surface area contributed by atoms with Crippen LogP contribution in [0.2, 0.25) is 0 Å². The minimum absolute atomic E-state index is 0.0454. The highest BCUT2D eigenvalue weighted by molar-refractivity contribution is 5.68. The number of nitrogens with two attached hydrogens (primary N) is 1. The highest BCUT2D eigenvalue weighted by Gasteiger charge is 2.22. The van der Waals surface area contributed by atoms with Gasteiger partial charge in [0.25, 0.3) is 0 Å². The molecule has 3 N–H and O–H groups in total. The van der Waals surface area contributed by atoms with Crippen LogP contribution in [0.25, 0.3) is 0 Å². The first kappa shape index (κ1) is 13.7. The molecule has 1 unspecified atom stereocenters. The standard InChI is InChI=1S/C15H22N2O2/c1-10(2)9-19-15(18)17-14-5-3-4-11-8-12(16)6-7-13(11)14/h6-8,10,14H,3-5,9,16H2,1-2H3,(H,17,18). The monoisotopic (exact) mass is 262 g/mol. The molecule has 1 atom stereocenters. The average Bonchev–Trinajstić information content (AvgIpc) is 2.36. The van der Waals surface area contributed by atoms with E-state index in [9.17, 15) is 4.79 Å². The van der Waals surface area contributed by atoms with Crippen molar-refractivity contribution in [1.82, 2.24) is 5.32 Å². The number of nitrogen functional groups attached to an aromatic ring is 1. The molecule has 1 aromatic rings. The number of anilines is 1. The second-order valence-electron chi connectivity index (χ2n) is 5.54. The Hall–Kier alpha value is -1.71. The van der Waals surface area contributed by atoms with Gasteiger partial charge in [-0.15, -0.1) is 0 Å². The van der Waals surface area contributed by atoms with Crippen molar-refractivity contribution in [3.05, 3.63) is 29.3 Å². The van der Waals surface area contributed by atoms with Crippen LogP contribution in [-0.4, -0.2) is 12.7 Å². The highest BCUT2D eigenvalue weighted by Crippen LogP contribution is 2.30.